The van der Waals surface area contributed by atoms with Gasteiger partial charge < -0.3 is 4.74 Å². The Balaban J connectivity index is 1.11. The fraction of sp³-hybridized carbons (Fsp3) is 0.933. The van der Waals surface area contributed by atoms with Gasteiger partial charge in [0.1, 0.15) is 6.10 Å². The summed E-state index contributed by atoms with van der Waals surface area (Å²) < 4.78 is 6.13. The number of esters is 1. The summed E-state index contributed by atoms with van der Waals surface area (Å²) in [6.07, 6.45) is 35.5. The molecule has 2 nitrogen and oxygen atoms in total. The first-order valence-corrected chi connectivity index (χ1v) is 21.4. The van der Waals surface area contributed by atoms with E-state index in [4.69, 9.17) is 4.74 Å². The molecule has 0 bridgehead atoms. The van der Waals surface area contributed by atoms with Crippen molar-refractivity contribution in [1.82, 2.24) is 0 Å². The molecule has 3 saturated carbocycles. The van der Waals surface area contributed by atoms with Crippen molar-refractivity contribution in [3.8, 4) is 0 Å². The zero-order valence-electron chi connectivity index (χ0n) is 32.7. The molecule has 0 aromatic heterocycles. The molecule has 8 unspecified atom stereocenters. The van der Waals surface area contributed by atoms with Crippen molar-refractivity contribution < 1.29 is 9.53 Å². The Morgan fingerprint density at radius 2 is 1.30 bits per heavy atom. The molecule has 3 fully saturated rings. The average molecular weight is 653 g/mol. The molecule has 47 heavy (non-hydrogen) atoms. The van der Waals surface area contributed by atoms with E-state index in [1.54, 1.807) is 5.57 Å². The van der Waals surface area contributed by atoms with E-state index in [1.807, 2.05) is 0 Å². The van der Waals surface area contributed by atoms with Gasteiger partial charge in [-0.1, -0.05) is 156 Å². The third-order valence-electron chi connectivity index (χ3n) is 14.5. The van der Waals surface area contributed by atoms with E-state index in [0.29, 0.717) is 17.3 Å². The van der Waals surface area contributed by atoms with Crippen molar-refractivity contribution in [3.05, 3.63) is 11.6 Å². The highest BCUT2D eigenvalue weighted by Crippen LogP contribution is 2.67. The fourth-order valence-corrected chi connectivity index (χ4v) is 11.6. The lowest BCUT2D eigenvalue weighted by molar-refractivity contribution is -0.151. The van der Waals surface area contributed by atoms with Gasteiger partial charge in [-0.2, -0.15) is 0 Å². The first kappa shape index (κ1) is 39.0. The molecule has 0 heterocycles. The Kier molecular flexibility index (Phi) is 15.8. The number of carbonyl (C=O) groups excluding carboxylic acids is 1. The van der Waals surface area contributed by atoms with Gasteiger partial charge in [-0.3, -0.25) is 4.79 Å². The molecule has 0 aromatic rings. The smallest absolute Gasteiger partial charge is 0.306 e. The topological polar surface area (TPSA) is 26.3 Å². The Morgan fingerprint density at radius 3 is 1.94 bits per heavy atom. The van der Waals surface area contributed by atoms with Gasteiger partial charge in [0, 0.05) is 12.8 Å². The molecular weight excluding hydrogens is 572 g/mol. The fourth-order valence-electron chi connectivity index (χ4n) is 11.6. The molecule has 4 rings (SSSR count). The molecule has 0 N–H and O–H groups in total. The van der Waals surface area contributed by atoms with Crippen LogP contribution < -0.4 is 0 Å². The Hall–Kier alpha value is -0.790. The minimum absolute atomic E-state index is 0.0641. The number of ether oxygens (including phenoxy) is 1. The number of hydrogen-bond donors (Lipinski definition) is 0. The molecule has 2 heteroatoms. The molecular formula is C45H80O2. The second-order valence-corrected chi connectivity index (χ2v) is 18.8. The molecule has 0 radical (unpaired) electrons. The van der Waals surface area contributed by atoms with E-state index in [1.165, 1.54) is 135 Å². The quantitative estimate of drug-likeness (QED) is 0.0700. The van der Waals surface area contributed by atoms with E-state index in [0.717, 1.165) is 60.7 Å². The molecule has 0 aliphatic heterocycles. The predicted octanol–water partition coefficient (Wildman–Crippen LogP) is 14.1. The van der Waals surface area contributed by atoms with Crippen molar-refractivity contribution in [2.24, 2.45) is 52.3 Å². The highest BCUT2D eigenvalue weighted by atomic mass is 16.5. The van der Waals surface area contributed by atoms with E-state index >= 15 is 0 Å². The van der Waals surface area contributed by atoms with Gasteiger partial charge in [-0.05, 0) is 104 Å². The van der Waals surface area contributed by atoms with Gasteiger partial charge in [0.15, 0.2) is 0 Å². The summed E-state index contributed by atoms with van der Waals surface area (Å²) in [5.74, 6) is 6.20. The number of fused-ring (bicyclic) bond motifs is 5. The third kappa shape index (κ3) is 10.8. The molecule has 0 spiro atoms. The molecule has 0 aromatic carbocycles. The monoisotopic (exact) mass is 653 g/mol. The summed E-state index contributed by atoms with van der Waals surface area (Å²) in [5, 5.41) is 0. The summed E-state index contributed by atoms with van der Waals surface area (Å²) in [6.45, 7) is 17.3. The van der Waals surface area contributed by atoms with Crippen LogP contribution in [0.1, 0.15) is 209 Å². The van der Waals surface area contributed by atoms with Crippen LogP contribution in [0.5, 0.6) is 0 Å². The summed E-state index contributed by atoms with van der Waals surface area (Å²) in [6, 6.07) is 0. The van der Waals surface area contributed by atoms with E-state index in [9.17, 15) is 4.79 Å². The van der Waals surface area contributed by atoms with Crippen LogP contribution in [0.4, 0.5) is 0 Å². The number of hydrogen-bond acceptors (Lipinski definition) is 2. The molecule has 0 amide bonds. The number of rotatable bonds is 21. The summed E-state index contributed by atoms with van der Waals surface area (Å²) in [5.41, 5.74) is 2.54. The minimum atomic E-state index is 0.0641. The van der Waals surface area contributed by atoms with Crippen LogP contribution in [0.25, 0.3) is 0 Å². The van der Waals surface area contributed by atoms with Crippen molar-refractivity contribution in [2.75, 3.05) is 0 Å². The van der Waals surface area contributed by atoms with Crippen LogP contribution >= 0.6 is 0 Å². The lowest BCUT2D eigenvalue weighted by Crippen LogP contribution is -2.51. The molecule has 8 atom stereocenters. The van der Waals surface area contributed by atoms with Crippen molar-refractivity contribution in [1.29, 1.82) is 0 Å². The molecule has 4 aliphatic rings. The molecule has 0 saturated heterocycles. The third-order valence-corrected chi connectivity index (χ3v) is 14.5. The summed E-state index contributed by atoms with van der Waals surface area (Å²) >= 11 is 0. The second-order valence-electron chi connectivity index (χ2n) is 18.8. The first-order chi connectivity index (χ1) is 22.5. The Bertz CT molecular complexity index is 948. The maximum absolute atomic E-state index is 12.8. The van der Waals surface area contributed by atoms with Gasteiger partial charge in [-0.15, -0.1) is 0 Å². The largest absolute Gasteiger partial charge is 0.462 e. The van der Waals surface area contributed by atoms with Gasteiger partial charge >= 0.3 is 5.97 Å². The number of carbonyl (C=O) groups is 1. The summed E-state index contributed by atoms with van der Waals surface area (Å²) in [4.78, 5) is 12.8. The maximum atomic E-state index is 12.8. The predicted molar refractivity (Wildman–Crippen MR) is 202 cm³/mol. The standard InChI is InChI=1S/C45H80O2/c1-34(2)21-18-16-14-12-10-8-9-11-13-15-17-19-24-43(46)47-38-29-31-44(6)37(33-38)25-26-39-41-28-27-40(36(5)23-20-22-35(3)4)45(41,7)32-30-42(39)44/h25,34-36,38-42H,8-24,26-33H2,1-7H3. The first-order valence-electron chi connectivity index (χ1n) is 21.4. The van der Waals surface area contributed by atoms with Gasteiger partial charge in [0.25, 0.3) is 0 Å². The highest BCUT2D eigenvalue weighted by molar-refractivity contribution is 5.69. The van der Waals surface area contributed by atoms with Gasteiger partial charge in [-0.25, -0.2) is 0 Å². The zero-order chi connectivity index (χ0) is 33.9. The second kappa shape index (κ2) is 19.0. The Labute approximate surface area is 293 Å². The van der Waals surface area contributed by atoms with Crippen LogP contribution in [0.2, 0.25) is 0 Å². The molecule has 4 aliphatic carbocycles. The summed E-state index contributed by atoms with van der Waals surface area (Å²) in [7, 11) is 0. The van der Waals surface area contributed by atoms with E-state index in [-0.39, 0.29) is 12.1 Å². The Morgan fingerprint density at radius 1 is 0.702 bits per heavy atom. The number of allylic oxidation sites excluding steroid dienone is 1. The van der Waals surface area contributed by atoms with E-state index < -0.39 is 0 Å². The van der Waals surface area contributed by atoms with Crippen LogP contribution in [-0.2, 0) is 9.53 Å². The van der Waals surface area contributed by atoms with Crippen LogP contribution in [-0.4, -0.2) is 12.1 Å². The van der Waals surface area contributed by atoms with Crippen LogP contribution in [0.15, 0.2) is 11.6 Å². The molecule has 272 valence electrons. The SMILES string of the molecule is CC(C)CCCCCCCCCCCCCCC(=O)OC1CCC2(C)C(=CCC3C2CCC2(C)C(C(C)CCCC(C)C)CCC32)C1. The zero-order valence-corrected chi connectivity index (χ0v) is 32.7. The lowest BCUT2D eigenvalue weighted by atomic mass is 9.47. The van der Waals surface area contributed by atoms with Gasteiger partial charge in [0.2, 0.25) is 0 Å². The lowest BCUT2D eigenvalue weighted by Gasteiger charge is -2.58. The normalized spacial score (nSPS) is 32.5. The number of unbranched alkanes of at least 4 members (excludes halogenated alkanes) is 11. The van der Waals surface area contributed by atoms with Crippen molar-refractivity contribution in [2.45, 2.75) is 215 Å². The highest BCUT2D eigenvalue weighted by Gasteiger charge is 2.59. The van der Waals surface area contributed by atoms with Crippen molar-refractivity contribution >= 4 is 5.97 Å². The van der Waals surface area contributed by atoms with E-state index in [2.05, 4.69) is 54.5 Å². The maximum Gasteiger partial charge on any atom is 0.306 e. The minimum Gasteiger partial charge on any atom is -0.462 e. The average Bonchev–Trinajstić information content (AvgIpc) is 3.38. The van der Waals surface area contributed by atoms with Crippen LogP contribution in [0.3, 0.4) is 0 Å². The van der Waals surface area contributed by atoms with Gasteiger partial charge in [0.05, 0.1) is 0 Å². The van der Waals surface area contributed by atoms with Crippen LogP contribution in [0, 0.1) is 52.3 Å². The van der Waals surface area contributed by atoms with Crippen molar-refractivity contribution in [3.63, 3.8) is 0 Å².